The smallest absolute Gasteiger partial charge is 0.321 e. The van der Waals surface area contributed by atoms with Crippen molar-refractivity contribution in [1.82, 2.24) is 10.3 Å². The normalized spacial score (nSPS) is 12.1. The van der Waals surface area contributed by atoms with E-state index in [1.807, 2.05) is 36.4 Å². The molecule has 0 saturated heterocycles. The molecule has 19 heavy (non-hydrogen) atoms. The van der Waals surface area contributed by atoms with Gasteiger partial charge in [-0.05, 0) is 42.3 Å². The number of hydrogen-bond acceptors (Lipinski definition) is 3. The fourth-order valence-electron chi connectivity index (χ4n) is 1.93. The number of hydrogen-bond donors (Lipinski definition) is 2. The summed E-state index contributed by atoms with van der Waals surface area (Å²) in [5.41, 5.74) is 3.20. The standard InChI is InChI=1S/C15H16N2O2/c1-16-14(15(18)19)10-11-2-4-12(5-3-11)13-6-8-17-9-7-13/h2-9,14,16H,10H2,1H3,(H,18,19). The van der Waals surface area contributed by atoms with Gasteiger partial charge in [-0.1, -0.05) is 24.3 Å². The quantitative estimate of drug-likeness (QED) is 0.858. The lowest BCUT2D eigenvalue weighted by Crippen LogP contribution is -2.35. The van der Waals surface area contributed by atoms with Crippen LogP contribution in [-0.2, 0) is 11.2 Å². The van der Waals surface area contributed by atoms with E-state index in [4.69, 9.17) is 5.11 Å². The van der Waals surface area contributed by atoms with Gasteiger partial charge in [0.1, 0.15) is 6.04 Å². The van der Waals surface area contributed by atoms with Crippen molar-refractivity contribution in [2.24, 2.45) is 0 Å². The highest BCUT2D eigenvalue weighted by Gasteiger charge is 2.14. The molecule has 1 aromatic carbocycles. The number of nitrogens with zero attached hydrogens (tertiary/aromatic N) is 1. The van der Waals surface area contributed by atoms with Crippen LogP contribution in [0, 0.1) is 0 Å². The molecule has 98 valence electrons. The third-order valence-electron chi connectivity index (χ3n) is 3.05. The largest absolute Gasteiger partial charge is 0.480 e. The van der Waals surface area contributed by atoms with E-state index >= 15 is 0 Å². The molecule has 4 nitrogen and oxygen atoms in total. The molecule has 0 saturated carbocycles. The Morgan fingerprint density at radius 3 is 2.26 bits per heavy atom. The molecule has 2 rings (SSSR count). The molecule has 0 fully saturated rings. The number of pyridine rings is 1. The zero-order valence-corrected chi connectivity index (χ0v) is 10.7. The zero-order chi connectivity index (χ0) is 13.7. The maximum atomic E-state index is 11.0. The summed E-state index contributed by atoms with van der Waals surface area (Å²) in [5.74, 6) is -0.833. The molecule has 1 atom stereocenters. The summed E-state index contributed by atoms with van der Waals surface area (Å²) in [6.07, 6.45) is 3.98. The molecule has 1 aromatic heterocycles. The first-order valence-corrected chi connectivity index (χ1v) is 6.10. The molecule has 4 heteroatoms. The van der Waals surface area contributed by atoms with Crippen LogP contribution in [0.3, 0.4) is 0 Å². The van der Waals surface area contributed by atoms with Crippen molar-refractivity contribution in [3.05, 3.63) is 54.4 Å². The van der Waals surface area contributed by atoms with Gasteiger partial charge in [-0.15, -0.1) is 0 Å². The van der Waals surface area contributed by atoms with Gasteiger partial charge in [-0.25, -0.2) is 0 Å². The van der Waals surface area contributed by atoms with Crippen LogP contribution in [0.5, 0.6) is 0 Å². The zero-order valence-electron chi connectivity index (χ0n) is 10.7. The topological polar surface area (TPSA) is 62.2 Å². The van der Waals surface area contributed by atoms with Crippen LogP contribution in [-0.4, -0.2) is 29.1 Å². The van der Waals surface area contributed by atoms with Gasteiger partial charge < -0.3 is 10.4 Å². The summed E-state index contributed by atoms with van der Waals surface area (Å²) in [4.78, 5) is 14.9. The van der Waals surface area contributed by atoms with E-state index in [0.717, 1.165) is 16.7 Å². The maximum Gasteiger partial charge on any atom is 0.321 e. The Kier molecular flexibility index (Phi) is 4.26. The van der Waals surface area contributed by atoms with Crippen LogP contribution >= 0.6 is 0 Å². The van der Waals surface area contributed by atoms with Crippen molar-refractivity contribution in [2.75, 3.05) is 7.05 Å². The monoisotopic (exact) mass is 256 g/mol. The molecule has 0 aliphatic rings. The van der Waals surface area contributed by atoms with Crippen molar-refractivity contribution >= 4 is 5.97 Å². The van der Waals surface area contributed by atoms with Crippen LogP contribution in [0.15, 0.2) is 48.8 Å². The van der Waals surface area contributed by atoms with E-state index in [-0.39, 0.29) is 0 Å². The third-order valence-corrected chi connectivity index (χ3v) is 3.05. The second-order valence-electron chi connectivity index (χ2n) is 4.32. The number of aliphatic carboxylic acids is 1. The predicted octanol–water partition coefficient (Wildman–Crippen LogP) is 1.96. The number of likely N-dealkylation sites (N-methyl/N-ethyl adjacent to an activating group) is 1. The minimum atomic E-state index is -0.833. The molecule has 2 aromatic rings. The first-order valence-electron chi connectivity index (χ1n) is 6.10. The van der Waals surface area contributed by atoms with E-state index in [2.05, 4.69) is 10.3 Å². The molecule has 1 unspecified atom stereocenters. The molecule has 0 radical (unpaired) electrons. The SMILES string of the molecule is CNC(Cc1ccc(-c2ccncc2)cc1)C(=O)O. The summed E-state index contributed by atoms with van der Waals surface area (Å²) >= 11 is 0. The highest BCUT2D eigenvalue weighted by atomic mass is 16.4. The van der Waals surface area contributed by atoms with Gasteiger partial charge in [0.05, 0.1) is 0 Å². The van der Waals surface area contributed by atoms with Crippen LogP contribution in [0.4, 0.5) is 0 Å². The Morgan fingerprint density at radius 1 is 1.16 bits per heavy atom. The van der Waals surface area contributed by atoms with E-state index in [9.17, 15) is 4.79 Å². The Labute approximate surface area is 112 Å². The second-order valence-corrected chi connectivity index (χ2v) is 4.32. The molecule has 0 amide bonds. The van der Waals surface area contributed by atoms with Crippen molar-refractivity contribution in [3.8, 4) is 11.1 Å². The highest BCUT2D eigenvalue weighted by Crippen LogP contribution is 2.19. The lowest BCUT2D eigenvalue weighted by Gasteiger charge is -2.11. The van der Waals surface area contributed by atoms with Crippen LogP contribution < -0.4 is 5.32 Å². The predicted molar refractivity (Wildman–Crippen MR) is 73.9 cm³/mol. The number of carbonyl (C=O) groups is 1. The van der Waals surface area contributed by atoms with Crippen LogP contribution in [0.2, 0.25) is 0 Å². The van der Waals surface area contributed by atoms with Gasteiger partial charge in [0.15, 0.2) is 0 Å². The van der Waals surface area contributed by atoms with Crippen molar-refractivity contribution < 1.29 is 9.90 Å². The van der Waals surface area contributed by atoms with Gasteiger partial charge in [0.2, 0.25) is 0 Å². The minimum Gasteiger partial charge on any atom is -0.480 e. The summed E-state index contributed by atoms with van der Waals surface area (Å²) in [6.45, 7) is 0. The number of carboxylic acid groups (broad SMARTS) is 1. The van der Waals surface area contributed by atoms with Gasteiger partial charge in [-0.3, -0.25) is 9.78 Å². The van der Waals surface area contributed by atoms with E-state index < -0.39 is 12.0 Å². The fourth-order valence-corrected chi connectivity index (χ4v) is 1.93. The van der Waals surface area contributed by atoms with E-state index in [1.54, 1.807) is 19.4 Å². The van der Waals surface area contributed by atoms with Crippen molar-refractivity contribution in [2.45, 2.75) is 12.5 Å². The molecule has 0 aliphatic carbocycles. The molecule has 0 spiro atoms. The van der Waals surface area contributed by atoms with Gasteiger partial charge >= 0.3 is 5.97 Å². The summed E-state index contributed by atoms with van der Waals surface area (Å²) in [5, 5.41) is 11.8. The first-order chi connectivity index (χ1) is 9.20. The Balaban J connectivity index is 2.13. The lowest BCUT2D eigenvalue weighted by molar-refractivity contribution is -0.139. The number of nitrogens with one attached hydrogen (secondary N) is 1. The first kappa shape index (κ1) is 13.2. The Bertz CT molecular complexity index is 538. The average Bonchev–Trinajstić information content (AvgIpc) is 2.46. The number of carboxylic acids is 1. The maximum absolute atomic E-state index is 11.0. The van der Waals surface area contributed by atoms with E-state index in [1.165, 1.54) is 0 Å². The molecular weight excluding hydrogens is 240 g/mol. The van der Waals surface area contributed by atoms with Gasteiger partial charge in [-0.2, -0.15) is 0 Å². The molecule has 2 N–H and O–H groups in total. The number of benzene rings is 1. The average molecular weight is 256 g/mol. The minimum absolute atomic E-state index is 0.475. The van der Waals surface area contributed by atoms with Gasteiger partial charge in [0, 0.05) is 12.4 Å². The van der Waals surface area contributed by atoms with E-state index in [0.29, 0.717) is 6.42 Å². The molecular formula is C15H16N2O2. The van der Waals surface area contributed by atoms with Crippen LogP contribution in [0.1, 0.15) is 5.56 Å². The molecule has 0 bridgehead atoms. The van der Waals surface area contributed by atoms with Crippen molar-refractivity contribution in [1.29, 1.82) is 0 Å². The lowest BCUT2D eigenvalue weighted by atomic mass is 10.0. The Hall–Kier alpha value is -2.20. The van der Waals surface area contributed by atoms with Crippen molar-refractivity contribution in [3.63, 3.8) is 0 Å². The third kappa shape index (κ3) is 3.39. The number of rotatable bonds is 5. The Morgan fingerprint density at radius 2 is 1.74 bits per heavy atom. The summed E-state index contributed by atoms with van der Waals surface area (Å²) < 4.78 is 0. The molecule has 1 heterocycles. The summed E-state index contributed by atoms with van der Waals surface area (Å²) in [7, 11) is 1.66. The fraction of sp³-hybridized carbons (Fsp3) is 0.200. The van der Waals surface area contributed by atoms with Crippen LogP contribution in [0.25, 0.3) is 11.1 Å². The number of aromatic nitrogens is 1. The second kappa shape index (κ2) is 6.11. The highest BCUT2D eigenvalue weighted by molar-refractivity contribution is 5.74. The molecule has 0 aliphatic heterocycles. The van der Waals surface area contributed by atoms with Gasteiger partial charge in [0.25, 0.3) is 0 Å². The summed E-state index contributed by atoms with van der Waals surface area (Å²) in [6, 6.07) is 11.3.